The highest BCUT2D eigenvalue weighted by atomic mass is 19.1. The molecule has 0 fully saturated rings. The first-order chi connectivity index (χ1) is 12.5. The number of nitrogens with zero attached hydrogens (tertiary/aromatic N) is 1. The molecular formula is C19H20FN3O3. The van der Waals surface area contributed by atoms with Crippen LogP contribution in [0.15, 0.2) is 42.5 Å². The smallest absolute Gasteiger partial charge is 0.325 e. The molecule has 6 nitrogen and oxygen atoms in total. The number of fused-ring (bicyclic) bond motifs is 1. The number of urea groups is 1. The van der Waals surface area contributed by atoms with E-state index in [9.17, 15) is 14.0 Å². The second-order valence-corrected chi connectivity index (χ2v) is 6.03. The fourth-order valence-corrected chi connectivity index (χ4v) is 2.98. The molecule has 0 unspecified atom stereocenters. The molecule has 2 aromatic rings. The summed E-state index contributed by atoms with van der Waals surface area (Å²) in [6, 6.07) is 10.7. The molecule has 0 saturated heterocycles. The molecule has 3 amide bonds. The number of nitrogens with one attached hydrogen (secondary N) is 2. The second-order valence-electron chi connectivity index (χ2n) is 6.03. The highest BCUT2D eigenvalue weighted by molar-refractivity contribution is 6.02. The summed E-state index contributed by atoms with van der Waals surface area (Å²) in [5.41, 5.74) is 2.27. The van der Waals surface area contributed by atoms with Gasteiger partial charge in [0.2, 0.25) is 5.91 Å². The van der Waals surface area contributed by atoms with E-state index < -0.39 is 11.9 Å². The molecule has 0 saturated carbocycles. The lowest BCUT2D eigenvalue weighted by Crippen LogP contribution is -2.43. The van der Waals surface area contributed by atoms with Crippen molar-refractivity contribution >= 4 is 23.3 Å². The van der Waals surface area contributed by atoms with Crippen molar-refractivity contribution in [2.75, 3.05) is 30.4 Å². The maximum Gasteiger partial charge on any atom is 0.325 e. The Morgan fingerprint density at radius 1 is 1.19 bits per heavy atom. The van der Waals surface area contributed by atoms with Crippen LogP contribution >= 0.6 is 0 Å². The number of methoxy groups -OCH3 is 1. The van der Waals surface area contributed by atoms with E-state index in [-0.39, 0.29) is 12.4 Å². The van der Waals surface area contributed by atoms with Gasteiger partial charge in [-0.25, -0.2) is 9.18 Å². The van der Waals surface area contributed by atoms with Crippen molar-refractivity contribution in [1.29, 1.82) is 0 Å². The third-order valence-electron chi connectivity index (χ3n) is 4.19. The number of hydrogen-bond acceptors (Lipinski definition) is 4. The molecule has 0 aliphatic carbocycles. The molecule has 0 bridgehead atoms. The van der Waals surface area contributed by atoms with Gasteiger partial charge in [0.15, 0.2) is 0 Å². The van der Waals surface area contributed by atoms with E-state index in [0.29, 0.717) is 18.0 Å². The number of hydrogen-bond donors (Lipinski definition) is 2. The number of carbonyl (C=O) groups excluding carboxylic acids is 2. The largest absolute Gasteiger partial charge is 0.497 e. The molecule has 0 atom stereocenters. The van der Waals surface area contributed by atoms with E-state index in [1.807, 2.05) is 4.90 Å². The number of halogens is 1. The highest BCUT2D eigenvalue weighted by Gasteiger charge is 2.20. The van der Waals surface area contributed by atoms with Gasteiger partial charge in [0.05, 0.1) is 13.7 Å². The van der Waals surface area contributed by atoms with Crippen molar-refractivity contribution in [1.82, 2.24) is 5.32 Å². The monoisotopic (exact) mass is 357 g/mol. The van der Waals surface area contributed by atoms with Crippen molar-refractivity contribution < 1.29 is 18.7 Å². The number of carbonyl (C=O) groups is 2. The number of rotatable bonds is 4. The molecule has 0 spiro atoms. The van der Waals surface area contributed by atoms with Gasteiger partial charge < -0.3 is 15.0 Å². The van der Waals surface area contributed by atoms with Crippen molar-refractivity contribution in [3.8, 4) is 5.75 Å². The summed E-state index contributed by atoms with van der Waals surface area (Å²) in [6.45, 7) is 0.723. The van der Waals surface area contributed by atoms with E-state index in [4.69, 9.17) is 4.74 Å². The zero-order valence-corrected chi connectivity index (χ0v) is 14.4. The first kappa shape index (κ1) is 17.7. The summed E-state index contributed by atoms with van der Waals surface area (Å²) in [6.07, 6.45) is 1.62. The van der Waals surface area contributed by atoms with Crippen molar-refractivity contribution in [2.45, 2.75) is 12.8 Å². The fourth-order valence-electron chi connectivity index (χ4n) is 2.98. The molecule has 0 radical (unpaired) electrons. The normalized spacial score (nSPS) is 12.9. The summed E-state index contributed by atoms with van der Waals surface area (Å²) in [5, 5.41) is 4.90. The van der Waals surface area contributed by atoms with Crippen LogP contribution in [0.2, 0.25) is 0 Å². The number of amides is 3. The van der Waals surface area contributed by atoms with E-state index in [1.165, 1.54) is 12.1 Å². The zero-order valence-electron chi connectivity index (χ0n) is 14.4. The average molecular weight is 357 g/mol. The standard InChI is InChI=1S/C19H20FN3O3/c1-26-16-7-5-15(6-8-16)21-19(25)22-18(24)12-23-10-2-3-13-11-14(20)4-9-17(13)23/h4-9,11H,2-3,10,12H2,1H3,(H2,21,22,24,25). The fraction of sp³-hybridized carbons (Fsp3) is 0.263. The van der Waals surface area contributed by atoms with Crippen LogP contribution in [0, 0.1) is 5.82 Å². The third kappa shape index (κ3) is 4.30. The molecule has 1 aliphatic heterocycles. The predicted octanol–water partition coefficient (Wildman–Crippen LogP) is 2.94. The van der Waals surface area contributed by atoms with E-state index in [1.54, 1.807) is 37.4 Å². The van der Waals surface area contributed by atoms with Crippen LogP contribution in [-0.4, -0.2) is 32.1 Å². The molecule has 26 heavy (non-hydrogen) atoms. The summed E-state index contributed by atoms with van der Waals surface area (Å²) in [4.78, 5) is 26.0. The minimum atomic E-state index is -0.600. The number of imide groups is 1. The number of ether oxygens (including phenoxy) is 1. The SMILES string of the molecule is COc1ccc(NC(=O)NC(=O)CN2CCCc3cc(F)ccc32)cc1. The number of aryl methyl sites for hydroxylation is 1. The van der Waals surface area contributed by atoms with Crippen LogP contribution in [0.1, 0.15) is 12.0 Å². The number of benzene rings is 2. The van der Waals surface area contributed by atoms with Crippen LogP contribution in [0.5, 0.6) is 5.75 Å². The Hall–Kier alpha value is -3.09. The summed E-state index contributed by atoms with van der Waals surface area (Å²) < 4.78 is 18.4. The minimum absolute atomic E-state index is 0.0364. The van der Waals surface area contributed by atoms with E-state index >= 15 is 0 Å². The predicted molar refractivity (Wildman–Crippen MR) is 97.1 cm³/mol. The maximum atomic E-state index is 13.4. The van der Waals surface area contributed by atoms with Gasteiger partial charge in [-0.1, -0.05) is 0 Å². The topological polar surface area (TPSA) is 70.7 Å². The van der Waals surface area contributed by atoms with Crippen molar-refractivity contribution in [2.24, 2.45) is 0 Å². The van der Waals surface area contributed by atoms with Crippen LogP contribution in [0.25, 0.3) is 0 Å². The van der Waals surface area contributed by atoms with E-state index in [0.717, 1.165) is 24.1 Å². The Kier molecular flexibility index (Phi) is 5.36. The van der Waals surface area contributed by atoms with Gasteiger partial charge in [-0.2, -0.15) is 0 Å². The first-order valence-electron chi connectivity index (χ1n) is 8.33. The Morgan fingerprint density at radius 3 is 2.69 bits per heavy atom. The van der Waals surface area contributed by atoms with Crippen molar-refractivity contribution in [3.63, 3.8) is 0 Å². The summed E-state index contributed by atoms with van der Waals surface area (Å²) >= 11 is 0. The Morgan fingerprint density at radius 2 is 1.96 bits per heavy atom. The molecule has 1 heterocycles. The van der Waals surface area contributed by atoms with E-state index in [2.05, 4.69) is 10.6 Å². The molecule has 2 N–H and O–H groups in total. The average Bonchev–Trinajstić information content (AvgIpc) is 2.62. The second kappa shape index (κ2) is 7.86. The summed E-state index contributed by atoms with van der Waals surface area (Å²) in [7, 11) is 1.56. The molecule has 1 aliphatic rings. The molecule has 7 heteroatoms. The van der Waals surface area contributed by atoms with Gasteiger partial charge in [-0.05, 0) is 60.9 Å². The van der Waals surface area contributed by atoms with Gasteiger partial charge in [0.1, 0.15) is 11.6 Å². The maximum absolute atomic E-state index is 13.4. The molecule has 136 valence electrons. The lowest BCUT2D eigenvalue weighted by Gasteiger charge is -2.30. The lowest BCUT2D eigenvalue weighted by atomic mass is 10.0. The molecule has 3 rings (SSSR count). The molecule has 2 aromatic carbocycles. The zero-order chi connectivity index (χ0) is 18.5. The Balaban J connectivity index is 1.56. The first-order valence-corrected chi connectivity index (χ1v) is 8.33. The minimum Gasteiger partial charge on any atom is -0.497 e. The Labute approximate surface area is 150 Å². The van der Waals surface area contributed by atoms with Crippen LogP contribution in [0.4, 0.5) is 20.6 Å². The van der Waals surface area contributed by atoms with Crippen LogP contribution < -0.4 is 20.3 Å². The van der Waals surface area contributed by atoms with Gasteiger partial charge in [-0.15, -0.1) is 0 Å². The van der Waals surface area contributed by atoms with Crippen LogP contribution in [-0.2, 0) is 11.2 Å². The summed E-state index contributed by atoms with van der Waals surface area (Å²) in [5.74, 6) is -0.0330. The quantitative estimate of drug-likeness (QED) is 0.883. The van der Waals surface area contributed by atoms with Gasteiger partial charge in [-0.3, -0.25) is 10.1 Å². The third-order valence-corrected chi connectivity index (χ3v) is 4.19. The van der Waals surface area contributed by atoms with Crippen molar-refractivity contribution in [3.05, 3.63) is 53.8 Å². The molecule has 0 aromatic heterocycles. The number of anilines is 2. The van der Waals surface area contributed by atoms with Gasteiger partial charge in [0, 0.05) is 17.9 Å². The van der Waals surface area contributed by atoms with Crippen LogP contribution in [0.3, 0.4) is 0 Å². The molecular weight excluding hydrogens is 337 g/mol. The Bertz CT molecular complexity index is 808. The highest BCUT2D eigenvalue weighted by Crippen LogP contribution is 2.27. The lowest BCUT2D eigenvalue weighted by molar-refractivity contribution is -0.118. The van der Waals surface area contributed by atoms with Gasteiger partial charge in [0.25, 0.3) is 0 Å². The van der Waals surface area contributed by atoms with Gasteiger partial charge >= 0.3 is 6.03 Å².